The number of ether oxygens (including phenoxy) is 1. The summed E-state index contributed by atoms with van der Waals surface area (Å²) in [4.78, 5) is 0.0837. The number of sulfonamides is 1. The lowest BCUT2D eigenvalue weighted by molar-refractivity contribution is 0.415. The van der Waals surface area contributed by atoms with E-state index in [2.05, 4.69) is 4.72 Å². The second-order valence-electron chi connectivity index (χ2n) is 5.84. The molecule has 0 atom stereocenters. The molecule has 0 aromatic heterocycles. The van der Waals surface area contributed by atoms with Crippen LogP contribution in [0.1, 0.15) is 11.1 Å². The molecule has 7 heteroatoms. The standard InChI is InChI=1S/C21H17Cl2NO3S/c1-27-18-11-7-16(8-12-18)21(20(23)15-5-3-2-4-6-15)24-28(25,26)19-13-9-17(22)10-14-19/h2-14,24H,1H3. The molecule has 144 valence electrons. The molecule has 4 nitrogen and oxygen atoms in total. The Bertz CT molecular complexity index is 1080. The summed E-state index contributed by atoms with van der Waals surface area (Å²) in [5.41, 5.74) is 1.56. The molecule has 0 amide bonds. The minimum absolute atomic E-state index is 0.0837. The Labute approximate surface area is 174 Å². The van der Waals surface area contributed by atoms with Gasteiger partial charge in [-0.15, -0.1) is 0 Å². The SMILES string of the molecule is COc1ccc(C(NS(=O)(=O)c2ccc(Cl)cc2)=C(Cl)c2ccccc2)cc1. The number of methoxy groups -OCH3 is 1. The smallest absolute Gasteiger partial charge is 0.261 e. The molecule has 3 aromatic carbocycles. The van der Waals surface area contributed by atoms with E-state index in [0.29, 0.717) is 21.9 Å². The second kappa shape index (κ2) is 8.69. The molecular weight excluding hydrogens is 417 g/mol. The molecule has 0 unspecified atom stereocenters. The van der Waals surface area contributed by atoms with E-state index in [1.54, 1.807) is 31.4 Å². The topological polar surface area (TPSA) is 55.4 Å². The summed E-state index contributed by atoms with van der Waals surface area (Å²) in [5, 5.41) is 0.732. The monoisotopic (exact) mass is 433 g/mol. The fraction of sp³-hybridized carbons (Fsp3) is 0.0476. The Morgan fingerprint density at radius 1 is 0.857 bits per heavy atom. The van der Waals surface area contributed by atoms with E-state index in [-0.39, 0.29) is 15.6 Å². The number of hydrogen-bond donors (Lipinski definition) is 1. The van der Waals surface area contributed by atoms with Gasteiger partial charge in [-0.05, 0) is 54.1 Å². The van der Waals surface area contributed by atoms with E-state index in [0.717, 1.165) is 0 Å². The molecule has 3 rings (SSSR count). The Hall–Kier alpha value is -2.47. The zero-order valence-corrected chi connectivity index (χ0v) is 17.2. The lowest BCUT2D eigenvalue weighted by Crippen LogP contribution is -2.23. The van der Waals surface area contributed by atoms with Crippen LogP contribution in [-0.4, -0.2) is 15.5 Å². The lowest BCUT2D eigenvalue weighted by atomic mass is 10.1. The largest absolute Gasteiger partial charge is 0.497 e. The predicted octanol–water partition coefficient (Wildman–Crippen LogP) is 5.39. The van der Waals surface area contributed by atoms with Gasteiger partial charge in [0, 0.05) is 10.6 Å². The van der Waals surface area contributed by atoms with Gasteiger partial charge < -0.3 is 4.74 Å². The Balaban J connectivity index is 2.09. The lowest BCUT2D eigenvalue weighted by Gasteiger charge is -2.15. The third kappa shape index (κ3) is 4.68. The van der Waals surface area contributed by atoms with Gasteiger partial charge in [-0.1, -0.05) is 53.5 Å². The zero-order valence-electron chi connectivity index (χ0n) is 14.9. The van der Waals surface area contributed by atoms with Gasteiger partial charge in [0.15, 0.2) is 0 Å². The molecule has 0 aliphatic rings. The van der Waals surface area contributed by atoms with Crippen molar-refractivity contribution in [3.63, 3.8) is 0 Å². The van der Waals surface area contributed by atoms with E-state index in [9.17, 15) is 8.42 Å². The number of hydrogen-bond acceptors (Lipinski definition) is 3. The second-order valence-corrected chi connectivity index (χ2v) is 8.34. The van der Waals surface area contributed by atoms with Gasteiger partial charge in [0.25, 0.3) is 10.0 Å². The van der Waals surface area contributed by atoms with Gasteiger partial charge in [-0.25, -0.2) is 8.42 Å². The van der Waals surface area contributed by atoms with Gasteiger partial charge in [-0.3, -0.25) is 4.72 Å². The molecule has 0 aliphatic heterocycles. The average molecular weight is 434 g/mol. The maximum atomic E-state index is 12.9. The first kappa shape index (κ1) is 20.3. The van der Waals surface area contributed by atoms with Crippen LogP contribution in [0.3, 0.4) is 0 Å². The maximum Gasteiger partial charge on any atom is 0.261 e. The molecule has 0 fully saturated rings. The Kier molecular flexibility index (Phi) is 6.29. The highest BCUT2D eigenvalue weighted by Crippen LogP contribution is 2.30. The van der Waals surface area contributed by atoms with Gasteiger partial charge in [0.05, 0.1) is 22.7 Å². The maximum absolute atomic E-state index is 12.9. The van der Waals surface area contributed by atoms with Crippen molar-refractivity contribution in [1.82, 2.24) is 4.72 Å². The molecule has 28 heavy (non-hydrogen) atoms. The third-order valence-corrected chi connectivity index (χ3v) is 6.01. The van der Waals surface area contributed by atoms with Crippen LogP contribution in [0.5, 0.6) is 5.75 Å². The molecule has 0 saturated heterocycles. The van der Waals surface area contributed by atoms with Crippen LogP contribution < -0.4 is 9.46 Å². The van der Waals surface area contributed by atoms with Gasteiger partial charge >= 0.3 is 0 Å². The highest BCUT2D eigenvalue weighted by atomic mass is 35.5. The Morgan fingerprint density at radius 2 is 1.46 bits per heavy atom. The van der Waals surface area contributed by atoms with E-state index >= 15 is 0 Å². The molecular formula is C21H17Cl2NO3S. The first-order valence-electron chi connectivity index (χ1n) is 8.29. The van der Waals surface area contributed by atoms with Crippen LogP contribution in [0.15, 0.2) is 83.8 Å². The van der Waals surface area contributed by atoms with Crippen LogP contribution in [0.2, 0.25) is 5.02 Å². The fourth-order valence-corrected chi connectivity index (χ4v) is 4.09. The molecule has 0 aliphatic carbocycles. The van der Waals surface area contributed by atoms with Crippen LogP contribution >= 0.6 is 23.2 Å². The number of rotatable bonds is 6. The number of halogens is 2. The van der Waals surface area contributed by atoms with E-state index in [1.807, 2.05) is 30.3 Å². The minimum Gasteiger partial charge on any atom is -0.497 e. The fourth-order valence-electron chi connectivity index (χ4n) is 2.52. The summed E-state index contributed by atoms with van der Waals surface area (Å²) in [6.07, 6.45) is 0. The average Bonchev–Trinajstić information content (AvgIpc) is 2.72. The third-order valence-electron chi connectivity index (χ3n) is 3.99. The van der Waals surface area contributed by atoms with Gasteiger partial charge in [0.1, 0.15) is 5.75 Å². The first-order chi connectivity index (χ1) is 13.4. The highest BCUT2D eigenvalue weighted by Gasteiger charge is 2.19. The molecule has 0 saturated carbocycles. The van der Waals surface area contributed by atoms with Gasteiger partial charge in [0.2, 0.25) is 0 Å². The number of nitrogens with one attached hydrogen (secondary N) is 1. The van der Waals surface area contributed by atoms with Crippen molar-refractivity contribution in [2.24, 2.45) is 0 Å². The van der Waals surface area contributed by atoms with Crippen molar-refractivity contribution in [3.05, 3.63) is 95.0 Å². The summed E-state index contributed by atoms with van der Waals surface area (Å²) in [6, 6.07) is 22.0. The summed E-state index contributed by atoms with van der Waals surface area (Å²) >= 11 is 12.5. The minimum atomic E-state index is -3.88. The van der Waals surface area contributed by atoms with Crippen LogP contribution in [0.25, 0.3) is 10.7 Å². The van der Waals surface area contributed by atoms with Crippen molar-refractivity contribution < 1.29 is 13.2 Å². The Morgan fingerprint density at radius 3 is 2.04 bits per heavy atom. The highest BCUT2D eigenvalue weighted by molar-refractivity contribution is 7.89. The van der Waals surface area contributed by atoms with Crippen molar-refractivity contribution in [1.29, 1.82) is 0 Å². The summed E-state index contributed by atoms with van der Waals surface area (Å²) in [7, 11) is -2.31. The molecule has 1 N–H and O–H groups in total. The van der Waals surface area contributed by atoms with Crippen molar-refractivity contribution in [2.75, 3.05) is 7.11 Å². The van der Waals surface area contributed by atoms with Crippen LogP contribution in [0.4, 0.5) is 0 Å². The van der Waals surface area contributed by atoms with E-state index in [1.165, 1.54) is 24.3 Å². The van der Waals surface area contributed by atoms with Crippen LogP contribution in [0, 0.1) is 0 Å². The molecule has 0 spiro atoms. The van der Waals surface area contributed by atoms with Gasteiger partial charge in [-0.2, -0.15) is 0 Å². The summed E-state index contributed by atoms with van der Waals surface area (Å²) < 4.78 is 33.6. The van der Waals surface area contributed by atoms with Crippen LogP contribution in [-0.2, 0) is 10.0 Å². The first-order valence-corrected chi connectivity index (χ1v) is 10.5. The quantitative estimate of drug-likeness (QED) is 0.529. The van der Waals surface area contributed by atoms with Crippen molar-refractivity contribution in [2.45, 2.75) is 4.90 Å². The van der Waals surface area contributed by atoms with Crippen molar-refractivity contribution >= 4 is 44.0 Å². The number of benzene rings is 3. The molecule has 3 aromatic rings. The molecule has 0 heterocycles. The molecule has 0 bridgehead atoms. The van der Waals surface area contributed by atoms with E-state index in [4.69, 9.17) is 27.9 Å². The normalized spacial score (nSPS) is 12.2. The predicted molar refractivity (Wildman–Crippen MR) is 114 cm³/mol. The zero-order chi connectivity index (χ0) is 20.1. The van der Waals surface area contributed by atoms with Crippen molar-refractivity contribution in [3.8, 4) is 5.75 Å². The molecule has 0 radical (unpaired) electrons. The van der Waals surface area contributed by atoms with E-state index < -0.39 is 10.0 Å². The summed E-state index contributed by atoms with van der Waals surface area (Å²) in [6.45, 7) is 0. The summed E-state index contributed by atoms with van der Waals surface area (Å²) in [5.74, 6) is 0.652.